The van der Waals surface area contributed by atoms with E-state index < -0.39 is 6.16 Å². The molecule has 0 saturated carbocycles. The van der Waals surface area contributed by atoms with Gasteiger partial charge in [0, 0.05) is 0 Å². The zero-order chi connectivity index (χ0) is 4.99. The first-order valence-electron chi connectivity index (χ1n) is 1.28. The average molecular weight is 112 g/mol. The van der Waals surface area contributed by atoms with Crippen LogP contribution in [0.4, 0.5) is 4.79 Å². The molecule has 0 aromatic rings. The summed E-state index contributed by atoms with van der Waals surface area (Å²) in [5.41, 5.74) is 0. The molecular weight excluding hydrogens is 107 g/mol. The summed E-state index contributed by atoms with van der Waals surface area (Å²) in [6.07, 6.45) is -0.479. The fourth-order valence-electron chi connectivity index (χ4n) is 0.0713. The van der Waals surface area contributed by atoms with Crippen molar-refractivity contribution in [2.75, 3.05) is 0 Å². The Bertz CT molecular complexity index is 74.9. The van der Waals surface area contributed by atoms with Crippen molar-refractivity contribution in [3.05, 3.63) is 12.8 Å². The number of hydrogen-bond acceptors (Lipinski definition) is 2. The van der Waals surface area contributed by atoms with Gasteiger partial charge in [-0.25, -0.2) is 4.79 Å². The molecule has 0 fully saturated rings. The first-order chi connectivity index (χ1) is 2.77. The van der Waals surface area contributed by atoms with Crippen LogP contribution in [0.2, 0.25) is 0 Å². The van der Waals surface area contributed by atoms with Gasteiger partial charge in [0.05, 0.1) is 6.26 Å². The van der Waals surface area contributed by atoms with Crippen LogP contribution >= 0.6 is 0 Å². The maximum atomic E-state index is 9.31. The van der Waals surface area contributed by atoms with E-state index >= 15 is 0 Å². The topological polar surface area (TPSA) is 46.5 Å². The van der Waals surface area contributed by atoms with E-state index in [0.717, 1.165) is 6.26 Å². The van der Waals surface area contributed by atoms with Crippen LogP contribution in [0.5, 0.6) is 0 Å². The van der Waals surface area contributed by atoms with Crippen molar-refractivity contribution in [3.63, 3.8) is 0 Å². The summed E-state index contributed by atoms with van der Waals surface area (Å²) < 4.78 is 3.72. The zero-order valence-corrected chi connectivity index (χ0v) is 6.05. The fourth-order valence-corrected chi connectivity index (χ4v) is 0.0713. The van der Waals surface area contributed by atoms with Crippen molar-refractivity contribution < 1.29 is 45.6 Å². The maximum Gasteiger partial charge on any atom is 1.00 e. The molecule has 3 nitrogen and oxygen atoms in total. The van der Waals surface area contributed by atoms with E-state index in [0.29, 0.717) is 0 Å². The third kappa shape index (κ3) is 10.7. The molecule has 0 spiro atoms. The van der Waals surface area contributed by atoms with E-state index in [1.807, 2.05) is 0 Å². The minimum Gasteiger partial charge on any atom is -1.00 e. The van der Waals surface area contributed by atoms with Gasteiger partial charge in [-0.3, -0.25) is 0 Å². The van der Waals surface area contributed by atoms with Crippen LogP contribution in [0.1, 0.15) is 1.43 Å². The summed E-state index contributed by atoms with van der Waals surface area (Å²) in [5, 5.41) is 7.62. The average Bonchev–Trinajstić information content (AvgIpc) is 1.35. The van der Waals surface area contributed by atoms with Gasteiger partial charge >= 0.3 is 35.7 Å². The van der Waals surface area contributed by atoms with Crippen LogP contribution in [0.25, 0.3) is 0 Å². The molecule has 0 rings (SSSR count). The van der Waals surface area contributed by atoms with Crippen molar-refractivity contribution >= 4 is 6.16 Å². The number of hydrogen-bond donors (Lipinski definition) is 1. The largest absolute Gasteiger partial charge is 1.00 e. The Hall–Kier alpha value is 0.0100. The Morgan fingerprint density at radius 3 is 2.43 bits per heavy atom. The van der Waals surface area contributed by atoms with Gasteiger partial charge in [-0.05, 0) is 0 Å². The quantitative estimate of drug-likeness (QED) is 0.241. The molecule has 0 bridgehead atoms. The van der Waals surface area contributed by atoms with Crippen molar-refractivity contribution in [2.45, 2.75) is 0 Å². The van der Waals surface area contributed by atoms with Crippen molar-refractivity contribution in [1.29, 1.82) is 0 Å². The molecule has 0 unspecified atom stereocenters. The van der Waals surface area contributed by atoms with Crippen LogP contribution in [-0.4, -0.2) is 11.3 Å². The third-order valence-corrected chi connectivity index (χ3v) is 0.184. The molecule has 0 saturated heterocycles. The van der Waals surface area contributed by atoms with Gasteiger partial charge in [-0.2, -0.15) is 0 Å². The smallest absolute Gasteiger partial charge is 1.00 e. The van der Waals surface area contributed by atoms with Crippen LogP contribution in [0.15, 0.2) is 12.8 Å². The van der Waals surface area contributed by atoms with E-state index in [1.54, 1.807) is 0 Å². The van der Waals surface area contributed by atoms with E-state index in [1.165, 1.54) is 0 Å². The first kappa shape index (κ1) is 10.1. The van der Waals surface area contributed by atoms with Gasteiger partial charge in [0.1, 0.15) is 0 Å². The molecule has 36 valence electrons. The molecular formula is C3H5NaO3. The Balaban J connectivity index is -0.000000125. The number of rotatable bonds is 1. The van der Waals surface area contributed by atoms with Crippen molar-refractivity contribution in [1.82, 2.24) is 0 Å². The summed E-state index contributed by atoms with van der Waals surface area (Å²) in [6, 6.07) is 0. The van der Waals surface area contributed by atoms with E-state index in [2.05, 4.69) is 11.3 Å². The molecule has 0 aliphatic carbocycles. The predicted octanol–water partition coefficient (Wildman–Crippen LogP) is -2.06. The van der Waals surface area contributed by atoms with Crippen LogP contribution < -0.4 is 29.6 Å². The van der Waals surface area contributed by atoms with Gasteiger partial charge in [-0.15, -0.1) is 0 Å². The van der Waals surface area contributed by atoms with Gasteiger partial charge in [0.2, 0.25) is 0 Å². The molecule has 7 heavy (non-hydrogen) atoms. The molecule has 0 amide bonds. The van der Waals surface area contributed by atoms with Gasteiger partial charge in [0.25, 0.3) is 0 Å². The molecule has 0 aliphatic rings. The second-order valence-corrected chi connectivity index (χ2v) is 0.550. The van der Waals surface area contributed by atoms with Crippen LogP contribution in [-0.2, 0) is 4.74 Å². The standard InChI is InChI=1S/C3H4O3.Na.H/c1-2-6-3(4)5;;/h2H,1H2,(H,4,5);;/q;+1;-1. The second-order valence-electron chi connectivity index (χ2n) is 0.550. The summed E-state index contributed by atoms with van der Waals surface area (Å²) >= 11 is 0. The zero-order valence-electron chi connectivity index (χ0n) is 5.05. The summed E-state index contributed by atoms with van der Waals surface area (Å²) in [5.74, 6) is 0. The predicted molar refractivity (Wildman–Crippen MR) is 20.4 cm³/mol. The van der Waals surface area contributed by atoms with Crippen LogP contribution in [0, 0.1) is 0 Å². The molecule has 4 heteroatoms. The second kappa shape index (κ2) is 6.01. The number of carbonyl (C=O) groups is 1. The molecule has 0 radical (unpaired) electrons. The van der Waals surface area contributed by atoms with Gasteiger partial charge in [0.15, 0.2) is 0 Å². The molecule has 1 N–H and O–H groups in total. The summed E-state index contributed by atoms with van der Waals surface area (Å²) in [6.45, 7) is 3.00. The Morgan fingerprint density at radius 2 is 2.43 bits per heavy atom. The molecule has 0 aliphatic heterocycles. The summed E-state index contributed by atoms with van der Waals surface area (Å²) in [4.78, 5) is 9.31. The molecule has 0 atom stereocenters. The summed E-state index contributed by atoms with van der Waals surface area (Å²) in [7, 11) is 0. The third-order valence-electron chi connectivity index (χ3n) is 0.184. The molecule has 0 aromatic carbocycles. The SMILES string of the molecule is C=COC(=O)O.[H-].[Na+]. The van der Waals surface area contributed by atoms with E-state index in [-0.39, 0.29) is 31.0 Å². The normalized spacial score (nSPS) is 5.71. The number of carboxylic acid groups (broad SMARTS) is 1. The Labute approximate surface area is 64.7 Å². The molecule has 0 aromatic heterocycles. The minimum absolute atomic E-state index is 0. The first-order valence-corrected chi connectivity index (χ1v) is 1.28. The van der Waals surface area contributed by atoms with Gasteiger partial charge in [-0.1, -0.05) is 6.58 Å². The van der Waals surface area contributed by atoms with Gasteiger partial charge < -0.3 is 11.3 Å². The maximum absolute atomic E-state index is 9.31. The Morgan fingerprint density at radius 1 is 2.00 bits per heavy atom. The fraction of sp³-hybridized carbons (Fsp3) is 0. The van der Waals surface area contributed by atoms with Crippen molar-refractivity contribution in [3.8, 4) is 0 Å². The van der Waals surface area contributed by atoms with E-state index in [4.69, 9.17) is 5.11 Å². The Kier molecular flexibility index (Phi) is 8.66. The van der Waals surface area contributed by atoms with Crippen LogP contribution in [0.3, 0.4) is 0 Å². The minimum atomic E-state index is -1.33. The van der Waals surface area contributed by atoms with Crippen molar-refractivity contribution in [2.24, 2.45) is 0 Å². The van der Waals surface area contributed by atoms with E-state index in [9.17, 15) is 4.79 Å². The molecule has 0 heterocycles. The monoisotopic (exact) mass is 112 g/mol. The number of ether oxygens (including phenoxy) is 1.